The number of hydrogen-bond donors (Lipinski definition) is 1. The predicted molar refractivity (Wildman–Crippen MR) is 78.7 cm³/mol. The van der Waals surface area contributed by atoms with Crippen molar-refractivity contribution in [3.8, 4) is 11.5 Å². The Balaban J connectivity index is 2.70. The minimum Gasteiger partial charge on any atom is -0.493 e. The molecule has 1 rings (SSSR count). The van der Waals surface area contributed by atoms with E-state index in [1.165, 1.54) is 0 Å². The lowest BCUT2D eigenvalue weighted by Crippen LogP contribution is -2.34. The van der Waals surface area contributed by atoms with Crippen molar-refractivity contribution in [2.24, 2.45) is 5.73 Å². The zero-order chi connectivity index (χ0) is 15.7. The highest BCUT2D eigenvalue weighted by atomic mass is 16.5. The second-order valence-corrected chi connectivity index (χ2v) is 4.39. The van der Waals surface area contributed by atoms with Gasteiger partial charge in [0.15, 0.2) is 11.5 Å². The highest BCUT2D eigenvalue weighted by molar-refractivity contribution is 5.75. The number of methoxy groups -OCH3 is 2. The van der Waals surface area contributed by atoms with Gasteiger partial charge in [-0.2, -0.15) is 0 Å². The lowest BCUT2D eigenvalue weighted by Gasteiger charge is -2.14. The second kappa shape index (κ2) is 9.20. The van der Waals surface area contributed by atoms with E-state index >= 15 is 0 Å². The van der Waals surface area contributed by atoms with Gasteiger partial charge in [-0.05, 0) is 31.0 Å². The summed E-state index contributed by atoms with van der Waals surface area (Å²) in [5.41, 5.74) is 6.68. The molecule has 0 aliphatic rings. The van der Waals surface area contributed by atoms with Gasteiger partial charge < -0.3 is 24.7 Å². The average Bonchev–Trinajstić information content (AvgIpc) is 2.48. The van der Waals surface area contributed by atoms with Crippen LogP contribution in [0.15, 0.2) is 18.2 Å². The molecule has 0 radical (unpaired) electrons. The number of rotatable bonds is 9. The Kier molecular flexibility index (Phi) is 7.56. The molecular weight excluding hydrogens is 274 g/mol. The summed E-state index contributed by atoms with van der Waals surface area (Å²) in [7, 11) is 3.17. The molecule has 0 spiro atoms. The third-order valence-corrected chi connectivity index (χ3v) is 2.82. The Labute approximate surface area is 125 Å². The summed E-state index contributed by atoms with van der Waals surface area (Å²) in [5.74, 6) is 0.819. The summed E-state index contributed by atoms with van der Waals surface area (Å²) in [5, 5.41) is 0. The zero-order valence-corrected chi connectivity index (χ0v) is 12.8. The molecule has 118 valence electrons. The average molecular weight is 297 g/mol. The third-order valence-electron chi connectivity index (χ3n) is 2.82. The molecule has 0 aromatic heterocycles. The van der Waals surface area contributed by atoms with Crippen molar-refractivity contribution < 1.29 is 23.7 Å². The summed E-state index contributed by atoms with van der Waals surface area (Å²) >= 11 is 0. The maximum Gasteiger partial charge on any atom is 0.323 e. The molecule has 1 unspecified atom stereocenters. The molecule has 0 amide bonds. The van der Waals surface area contributed by atoms with Crippen molar-refractivity contribution in [3.63, 3.8) is 0 Å². The smallest absolute Gasteiger partial charge is 0.323 e. The van der Waals surface area contributed by atoms with Crippen LogP contribution >= 0.6 is 0 Å². The summed E-state index contributed by atoms with van der Waals surface area (Å²) in [4.78, 5) is 11.5. The van der Waals surface area contributed by atoms with Crippen LogP contribution in [0, 0.1) is 0 Å². The lowest BCUT2D eigenvalue weighted by molar-refractivity contribution is -0.144. The first-order valence-corrected chi connectivity index (χ1v) is 6.83. The van der Waals surface area contributed by atoms with Crippen molar-refractivity contribution in [1.82, 2.24) is 0 Å². The third kappa shape index (κ3) is 5.61. The van der Waals surface area contributed by atoms with Crippen LogP contribution in [-0.2, 0) is 20.7 Å². The number of nitrogens with two attached hydrogens (primary N) is 1. The van der Waals surface area contributed by atoms with E-state index in [9.17, 15) is 4.79 Å². The standard InChI is InChI=1S/C15H23NO5/c1-4-20-15(17)12(16)9-11-5-6-13(14(10-11)19-3)21-8-7-18-2/h5-6,10,12H,4,7-9,16H2,1-3H3. The summed E-state index contributed by atoms with van der Waals surface area (Å²) < 4.78 is 20.6. The van der Waals surface area contributed by atoms with Crippen LogP contribution < -0.4 is 15.2 Å². The monoisotopic (exact) mass is 297 g/mol. The van der Waals surface area contributed by atoms with E-state index in [0.29, 0.717) is 37.7 Å². The first-order chi connectivity index (χ1) is 10.1. The Bertz CT molecular complexity index is 450. The summed E-state index contributed by atoms with van der Waals surface area (Å²) in [6, 6.07) is 4.77. The number of hydrogen-bond acceptors (Lipinski definition) is 6. The van der Waals surface area contributed by atoms with E-state index in [4.69, 9.17) is 24.7 Å². The first kappa shape index (κ1) is 17.3. The van der Waals surface area contributed by atoms with E-state index in [2.05, 4.69) is 0 Å². The minimum atomic E-state index is -0.685. The minimum absolute atomic E-state index is 0.322. The maximum atomic E-state index is 11.5. The van der Waals surface area contributed by atoms with Gasteiger partial charge in [-0.1, -0.05) is 6.07 Å². The molecule has 0 heterocycles. The zero-order valence-electron chi connectivity index (χ0n) is 12.8. The highest BCUT2D eigenvalue weighted by Gasteiger charge is 2.16. The number of esters is 1. The SMILES string of the molecule is CCOC(=O)C(N)Cc1ccc(OCCOC)c(OC)c1. The number of carbonyl (C=O) groups is 1. The van der Waals surface area contributed by atoms with Crippen LogP contribution in [-0.4, -0.2) is 46.1 Å². The molecule has 2 N–H and O–H groups in total. The first-order valence-electron chi connectivity index (χ1n) is 6.83. The van der Waals surface area contributed by atoms with Gasteiger partial charge in [-0.15, -0.1) is 0 Å². The normalized spacial score (nSPS) is 11.8. The Morgan fingerprint density at radius 1 is 1.24 bits per heavy atom. The van der Waals surface area contributed by atoms with E-state index in [1.807, 2.05) is 6.07 Å². The van der Waals surface area contributed by atoms with Crippen LogP contribution in [0.4, 0.5) is 0 Å². The molecule has 1 atom stereocenters. The molecule has 0 bridgehead atoms. The van der Waals surface area contributed by atoms with Gasteiger partial charge >= 0.3 is 5.97 Å². The molecule has 6 heteroatoms. The van der Waals surface area contributed by atoms with Gasteiger partial charge in [0.1, 0.15) is 12.6 Å². The number of benzene rings is 1. The van der Waals surface area contributed by atoms with Gasteiger partial charge in [-0.3, -0.25) is 4.79 Å². The molecule has 0 saturated heterocycles. The van der Waals surface area contributed by atoms with Crippen LogP contribution in [0.3, 0.4) is 0 Å². The topological polar surface area (TPSA) is 80.0 Å². The molecule has 0 saturated carbocycles. The van der Waals surface area contributed by atoms with E-state index in [0.717, 1.165) is 5.56 Å². The van der Waals surface area contributed by atoms with Gasteiger partial charge in [0.25, 0.3) is 0 Å². The van der Waals surface area contributed by atoms with Crippen molar-refractivity contribution in [2.45, 2.75) is 19.4 Å². The highest BCUT2D eigenvalue weighted by Crippen LogP contribution is 2.28. The fraction of sp³-hybridized carbons (Fsp3) is 0.533. The van der Waals surface area contributed by atoms with Crippen LogP contribution in [0.1, 0.15) is 12.5 Å². The summed E-state index contributed by atoms with van der Waals surface area (Å²) in [6.45, 7) is 3.01. The quantitative estimate of drug-likeness (QED) is 0.544. The van der Waals surface area contributed by atoms with Crippen LogP contribution in [0.25, 0.3) is 0 Å². The Morgan fingerprint density at radius 2 is 2.00 bits per heavy atom. The molecule has 6 nitrogen and oxygen atoms in total. The van der Waals surface area contributed by atoms with Crippen molar-refractivity contribution in [2.75, 3.05) is 34.0 Å². The second-order valence-electron chi connectivity index (χ2n) is 4.39. The number of ether oxygens (including phenoxy) is 4. The fourth-order valence-corrected chi connectivity index (χ4v) is 1.78. The van der Waals surface area contributed by atoms with Crippen LogP contribution in [0.5, 0.6) is 11.5 Å². The lowest BCUT2D eigenvalue weighted by atomic mass is 10.1. The Hall–Kier alpha value is -1.79. The van der Waals surface area contributed by atoms with Gasteiger partial charge in [0.2, 0.25) is 0 Å². The van der Waals surface area contributed by atoms with Gasteiger partial charge in [0, 0.05) is 7.11 Å². The molecule has 0 fully saturated rings. The molecule has 21 heavy (non-hydrogen) atoms. The van der Waals surface area contributed by atoms with E-state index < -0.39 is 12.0 Å². The van der Waals surface area contributed by atoms with Crippen molar-refractivity contribution in [3.05, 3.63) is 23.8 Å². The molecule has 1 aromatic carbocycles. The predicted octanol–water partition coefficient (Wildman–Crippen LogP) is 1.15. The van der Waals surface area contributed by atoms with Crippen molar-refractivity contribution in [1.29, 1.82) is 0 Å². The largest absolute Gasteiger partial charge is 0.493 e. The summed E-state index contributed by atoms with van der Waals surface area (Å²) in [6.07, 6.45) is 0.382. The molecular formula is C15H23NO5. The molecule has 0 aliphatic heterocycles. The fourth-order valence-electron chi connectivity index (χ4n) is 1.78. The van der Waals surface area contributed by atoms with Crippen LogP contribution in [0.2, 0.25) is 0 Å². The molecule has 1 aromatic rings. The van der Waals surface area contributed by atoms with Gasteiger partial charge in [0.05, 0.1) is 20.3 Å². The van der Waals surface area contributed by atoms with E-state index in [1.54, 1.807) is 33.3 Å². The Morgan fingerprint density at radius 3 is 2.62 bits per heavy atom. The maximum absolute atomic E-state index is 11.5. The number of carbonyl (C=O) groups excluding carboxylic acids is 1. The van der Waals surface area contributed by atoms with E-state index in [-0.39, 0.29) is 0 Å². The van der Waals surface area contributed by atoms with Crippen molar-refractivity contribution >= 4 is 5.97 Å². The van der Waals surface area contributed by atoms with Gasteiger partial charge in [-0.25, -0.2) is 0 Å². The molecule has 0 aliphatic carbocycles.